The molecule has 1 atom stereocenters. The Kier molecular flexibility index (Phi) is 3.21. The molecule has 2 N–H and O–H groups in total. The maximum absolute atomic E-state index is 13.1. The van der Waals surface area contributed by atoms with Crippen molar-refractivity contribution >= 4 is 5.69 Å². The van der Waals surface area contributed by atoms with Crippen LogP contribution in [0.5, 0.6) is 0 Å². The van der Waals surface area contributed by atoms with Gasteiger partial charge in [-0.2, -0.15) is 0 Å². The van der Waals surface area contributed by atoms with E-state index in [4.69, 9.17) is 5.73 Å². The molecule has 1 aromatic rings. The first kappa shape index (κ1) is 10.4. The van der Waals surface area contributed by atoms with Crippen LogP contribution in [0.1, 0.15) is 19.3 Å². The average molecular weight is 208 g/mol. The third-order valence-electron chi connectivity index (χ3n) is 3.04. The van der Waals surface area contributed by atoms with Crippen LogP contribution in [0.15, 0.2) is 24.3 Å². The molecule has 1 aliphatic heterocycles. The standard InChI is InChI=1S/C12H17FN2/c13-10-4-3-6-11(8-10)15-7-2-1-5-12(15)9-14/h3-4,6,8,12H,1-2,5,7,9,14H2. The molecule has 1 fully saturated rings. The molecular weight excluding hydrogens is 191 g/mol. The van der Waals surface area contributed by atoms with E-state index in [2.05, 4.69) is 4.90 Å². The number of nitrogens with two attached hydrogens (primary N) is 1. The zero-order valence-corrected chi connectivity index (χ0v) is 8.82. The molecule has 2 rings (SSSR count). The van der Waals surface area contributed by atoms with Gasteiger partial charge in [0.25, 0.3) is 0 Å². The minimum absolute atomic E-state index is 0.172. The van der Waals surface area contributed by atoms with Gasteiger partial charge in [-0.25, -0.2) is 4.39 Å². The van der Waals surface area contributed by atoms with Gasteiger partial charge in [-0.15, -0.1) is 0 Å². The summed E-state index contributed by atoms with van der Waals surface area (Å²) in [4.78, 5) is 2.23. The Morgan fingerprint density at radius 1 is 1.40 bits per heavy atom. The van der Waals surface area contributed by atoms with E-state index < -0.39 is 0 Å². The van der Waals surface area contributed by atoms with Crippen molar-refractivity contribution in [2.75, 3.05) is 18.0 Å². The van der Waals surface area contributed by atoms with Crippen LogP contribution >= 0.6 is 0 Å². The summed E-state index contributed by atoms with van der Waals surface area (Å²) in [6.45, 7) is 1.64. The Morgan fingerprint density at radius 3 is 3.00 bits per heavy atom. The van der Waals surface area contributed by atoms with E-state index in [0.717, 1.165) is 18.7 Å². The molecule has 0 aliphatic carbocycles. The van der Waals surface area contributed by atoms with Gasteiger partial charge in [0.2, 0.25) is 0 Å². The molecule has 1 aromatic carbocycles. The minimum Gasteiger partial charge on any atom is -0.367 e. The van der Waals surface area contributed by atoms with Crippen molar-refractivity contribution < 1.29 is 4.39 Å². The molecule has 1 heterocycles. The van der Waals surface area contributed by atoms with Gasteiger partial charge in [-0.1, -0.05) is 6.07 Å². The zero-order chi connectivity index (χ0) is 10.7. The highest BCUT2D eigenvalue weighted by Gasteiger charge is 2.21. The zero-order valence-electron chi connectivity index (χ0n) is 8.82. The van der Waals surface area contributed by atoms with E-state index in [1.54, 1.807) is 12.1 Å². The van der Waals surface area contributed by atoms with E-state index in [1.165, 1.54) is 18.9 Å². The molecular formula is C12H17FN2. The number of benzene rings is 1. The van der Waals surface area contributed by atoms with Gasteiger partial charge in [-0.3, -0.25) is 0 Å². The summed E-state index contributed by atoms with van der Waals surface area (Å²) in [7, 11) is 0. The maximum Gasteiger partial charge on any atom is 0.125 e. The van der Waals surface area contributed by atoms with Crippen molar-refractivity contribution in [3.8, 4) is 0 Å². The monoisotopic (exact) mass is 208 g/mol. The van der Waals surface area contributed by atoms with E-state index in [-0.39, 0.29) is 5.82 Å². The highest BCUT2D eigenvalue weighted by atomic mass is 19.1. The second-order valence-electron chi connectivity index (χ2n) is 4.06. The molecule has 0 amide bonds. The Balaban J connectivity index is 2.20. The van der Waals surface area contributed by atoms with E-state index >= 15 is 0 Å². The first-order valence-electron chi connectivity index (χ1n) is 5.53. The van der Waals surface area contributed by atoms with Crippen LogP contribution in [-0.2, 0) is 0 Å². The molecule has 0 spiro atoms. The first-order valence-corrected chi connectivity index (χ1v) is 5.53. The fourth-order valence-electron chi connectivity index (χ4n) is 2.24. The average Bonchev–Trinajstić information content (AvgIpc) is 2.29. The number of piperidine rings is 1. The molecule has 3 heteroatoms. The third-order valence-corrected chi connectivity index (χ3v) is 3.04. The topological polar surface area (TPSA) is 29.3 Å². The van der Waals surface area contributed by atoms with Crippen molar-refractivity contribution in [3.05, 3.63) is 30.1 Å². The largest absolute Gasteiger partial charge is 0.367 e. The molecule has 15 heavy (non-hydrogen) atoms. The Labute approximate surface area is 89.9 Å². The van der Waals surface area contributed by atoms with Crippen molar-refractivity contribution in [3.63, 3.8) is 0 Å². The molecule has 0 radical (unpaired) electrons. The maximum atomic E-state index is 13.1. The van der Waals surface area contributed by atoms with Crippen LogP contribution in [0.3, 0.4) is 0 Å². The lowest BCUT2D eigenvalue weighted by molar-refractivity contribution is 0.464. The smallest absolute Gasteiger partial charge is 0.125 e. The number of nitrogens with zero attached hydrogens (tertiary/aromatic N) is 1. The fourth-order valence-corrected chi connectivity index (χ4v) is 2.24. The second kappa shape index (κ2) is 4.62. The molecule has 0 bridgehead atoms. The fraction of sp³-hybridized carbons (Fsp3) is 0.500. The lowest BCUT2D eigenvalue weighted by atomic mass is 10.0. The minimum atomic E-state index is -0.172. The summed E-state index contributed by atoms with van der Waals surface area (Å²) in [5.74, 6) is -0.172. The predicted octanol–water partition coefficient (Wildman–Crippen LogP) is 2.14. The third kappa shape index (κ3) is 2.29. The van der Waals surface area contributed by atoms with Crippen LogP contribution < -0.4 is 10.6 Å². The first-order chi connectivity index (χ1) is 7.31. The van der Waals surface area contributed by atoms with Crippen LogP contribution in [0, 0.1) is 5.82 Å². The molecule has 0 saturated carbocycles. The highest BCUT2D eigenvalue weighted by molar-refractivity contribution is 5.48. The second-order valence-corrected chi connectivity index (χ2v) is 4.06. The van der Waals surface area contributed by atoms with Gasteiger partial charge in [0.1, 0.15) is 5.82 Å². The molecule has 1 unspecified atom stereocenters. The van der Waals surface area contributed by atoms with Gasteiger partial charge in [0.15, 0.2) is 0 Å². The summed E-state index contributed by atoms with van der Waals surface area (Å²) in [5, 5.41) is 0. The summed E-state index contributed by atoms with van der Waals surface area (Å²) < 4.78 is 13.1. The Morgan fingerprint density at radius 2 is 2.27 bits per heavy atom. The van der Waals surface area contributed by atoms with Crippen LogP contribution in [0.2, 0.25) is 0 Å². The number of anilines is 1. The van der Waals surface area contributed by atoms with Gasteiger partial charge < -0.3 is 10.6 Å². The van der Waals surface area contributed by atoms with Crippen molar-refractivity contribution in [1.29, 1.82) is 0 Å². The quantitative estimate of drug-likeness (QED) is 0.806. The highest BCUT2D eigenvalue weighted by Crippen LogP contribution is 2.24. The summed E-state index contributed by atoms with van der Waals surface area (Å²) in [6, 6.07) is 7.16. The SMILES string of the molecule is NCC1CCCCN1c1cccc(F)c1. The summed E-state index contributed by atoms with van der Waals surface area (Å²) in [6.07, 6.45) is 3.52. The Hall–Kier alpha value is -1.09. The van der Waals surface area contributed by atoms with E-state index in [9.17, 15) is 4.39 Å². The van der Waals surface area contributed by atoms with Gasteiger partial charge in [0.05, 0.1) is 0 Å². The summed E-state index contributed by atoms with van der Waals surface area (Å²) in [5.41, 5.74) is 6.70. The number of halogens is 1. The predicted molar refractivity (Wildman–Crippen MR) is 60.4 cm³/mol. The lowest BCUT2D eigenvalue weighted by Crippen LogP contribution is -2.44. The van der Waals surface area contributed by atoms with Crippen molar-refractivity contribution in [2.45, 2.75) is 25.3 Å². The Bertz CT molecular complexity index is 327. The molecule has 82 valence electrons. The molecule has 2 nitrogen and oxygen atoms in total. The number of rotatable bonds is 2. The van der Waals surface area contributed by atoms with Crippen LogP contribution in [-0.4, -0.2) is 19.1 Å². The van der Waals surface area contributed by atoms with Gasteiger partial charge in [-0.05, 0) is 37.5 Å². The molecule has 0 aromatic heterocycles. The molecule has 1 aliphatic rings. The van der Waals surface area contributed by atoms with Gasteiger partial charge in [0, 0.05) is 24.8 Å². The molecule has 1 saturated heterocycles. The number of hydrogen-bond donors (Lipinski definition) is 1. The van der Waals surface area contributed by atoms with Crippen LogP contribution in [0.25, 0.3) is 0 Å². The normalized spacial score (nSPS) is 21.7. The van der Waals surface area contributed by atoms with E-state index in [0.29, 0.717) is 12.6 Å². The van der Waals surface area contributed by atoms with Gasteiger partial charge >= 0.3 is 0 Å². The number of hydrogen-bond acceptors (Lipinski definition) is 2. The van der Waals surface area contributed by atoms with Crippen molar-refractivity contribution in [2.24, 2.45) is 5.73 Å². The lowest BCUT2D eigenvalue weighted by Gasteiger charge is -2.36. The van der Waals surface area contributed by atoms with Crippen molar-refractivity contribution in [1.82, 2.24) is 0 Å². The summed E-state index contributed by atoms with van der Waals surface area (Å²) >= 11 is 0. The van der Waals surface area contributed by atoms with Crippen LogP contribution in [0.4, 0.5) is 10.1 Å². The van der Waals surface area contributed by atoms with E-state index in [1.807, 2.05) is 6.07 Å².